The van der Waals surface area contributed by atoms with Crippen LogP contribution in [0.4, 0.5) is 18.9 Å². The Kier molecular flexibility index (Phi) is 5.20. The molecule has 1 N–H and O–H groups in total. The molecular weight excluding hydrogens is 386 g/mol. The second-order valence-electron chi connectivity index (χ2n) is 5.38. The monoisotopic (exact) mass is 395 g/mol. The lowest BCUT2D eigenvalue weighted by Gasteiger charge is -2.14. The molecule has 0 aliphatic heterocycles. The summed E-state index contributed by atoms with van der Waals surface area (Å²) in [6.45, 7) is 0. The van der Waals surface area contributed by atoms with E-state index in [9.17, 15) is 18.0 Å². The van der Waals surface area contributed by atoms with E-state index in [1.807, 2.05) is 0 Å². The summed E-state index contributed by atoms with van der Waals surface area (Å²) in [6, 6.07) is 12.1. The Balaban J connectivity index is 2.05. The average molecular weight is 396 g/mol. The quantitative estimate of drug-likeness (QED) is 0.515. The minimum Gasteiger partial charge on any atom is -0.319 e. The van der Waals surface area contributed by atoms with Gasteiger partial charge in [-0.1, -0.05) is 53.5 Å². The smallest absolute Gasteiger partial charge is 0.257 e. The SMILES string of the molecule is O=C(Nc1c(F)cc(F)cc1-c1ccccc1)c1cc(F)c(Cl)cc1Cl. The third kappa shape index (κ3) is 3.69. The van der Waals surface area contributed by atoms with Gasteiger partial charge in [-0.05, 0) is 23.8 Å². The number of halogens is 5. The molecule has 1 amide bonds. The molecule has 0 unspecified atom stereocenters. The molecule has 0 radical (unpaired) electrons. The Hall–Kier alpha value is -2.50. The fraction of sp³-hybridized carbons (Fsp3) is 0. The molecule has 0 atom stereocenters. The lowest BCUT2D eigenvalue weighted by Crippen LogP contribution is -2.15. The van der Waals surface area contributed by atoms with E-state index >= 15 is 0 Å². The summed E-state index contributed by atoms with van der Waals surface area (Å²) in [7, 11) is 0. The Labute approximate surface area is 157 Å². The minimum atomic E-state index is -0.970. The molecule has 0 spiro atoms. The highest BCUT2D eigenvalue weighted by atomic mass is 35.5. The molecule has 2 nitrogen and oxygen atoms in total. The average Bonchev–Trinajstić information content (AvgIpc) is 2.60. The van der Waals surface area contributed by atoms with Crippen molar-refractivity contribution in [3.8, 4) is 11.1 Å². The van der Waals surface area contributed by atoms with E-state index < -0.39 is 23.4 Å². The first kappa shape index (κ1) is 18.3. The topological polar surface area (TPSA) is 29.1 Å². The molecule has 0 saturated heterocycles. The van der Waals surface area contributed by atoms with Gasteiger partial charge in [0.2, 0.25) is 0 Å². The Morgan fingerprint density at radius 2 is 1.54 bits per heavy atom. The number of hydrogen-bond acceptors (Lipinski definition) is 1. The summed E-state index contributed by atoms with van der Waals surface area (Å²) in [5.41, 5.74) is 0.168. The van der Waals surface area contributed by atoms with Crippen LogP contribution in [-0.2, 0) is 0 Å². The van der Waals surface area contributed by atoms with Crippen molar-refractivity contribution < 1.29 is 18.0 Å². The van der Waals surface area contributed by atoms with Crippen molar-refractivity contribution in [3.05, 3.63) is 87.7 Å². The van der Waals surface area contributed by atoms with Gasteiger partial charge in [0.1, 0.15) is 17.5 Å². The lowest BCUT2D eigenvalue weighted by molar-refractivity contribution is 0.102. The molecular formula is C19H10Cl2F3NO. The molecule has 0 heterocycles. The van der Waals surface area contributed by atoms with E-state index in [0.29, 0.717) is 11.6 Å². The first-order chi connectivity index (χ1) is 12.4. The van der Waals surface area contributed by atoms with E-state index in [1.54, 1.807) is 30.3 Å². The summed E-state index contributed by atoms with van der Waals surface area (Å²) in [5.74, 6) is -3.46. The maximum absolute atomic E-state index is 14.3. The van der Waals surface area contributed by atoms with Crippen LogP contribution >= 0.6 is 23.2 Å². The van der Waals surface area contributed by atoms with Crippen molar-refractivity contribution in [1.29, 1.82) is 0 Å². The molecule has 132 valence electrons. The highest BCUT2D eigenvalue weighted by Gasteiger charge is 2.19. The number of benzene rings is 3. The Bertz CT molecular complexity index is 994. The summed E-state index contributed by atoms with van der Waals surface area (Å²) >= 11 is 11.5. The van der Waals surface area contributed by atoms with Crippen LogP contribution in [0.1, 0.15) is 10.4 Å². The molecule has 0 aliphatic carbocycles. The summed E-state index contributed by atoms with van der Waals surface area (Å²) in [4.78, 5) is 12.5. The molecule has 0 fully saturated rings. The van der Waals surface area contributed by atoms with Gasteiger partial charge >= 0.3 is 0 Å². The van der Waals surface area contributed by atoms with E-state index in [4.69, 9.17) is 23.2 Å². The number of anilines is 1. The third-order valence-corrected chi connectivity index (χ3v) is 4.24. The van der Waals surface area contributed by atoms with Gasteiger partial charge in [0.05, 0.1) is 21.3 Å². The van der Waals surface area contributed by atoms with Gasteiger partial charge in [-0.15, -0.1) is 0 Å². The number of nitrogens with one attached hydrogen (secondary N) is 1. The maximum atomic E-state index is 14.3. The molecule has 3 aromatic carbocycles. The molecule has 0 bridgehead atoms. The minimum absolute atomic E-state index is 0.0994. The van der Waals surface area contributed by atoms with Crippen LogP contribution in [0.2, 0.25) is 10.0 Å². The molecule has 26 heavy (non-hydrogen) atoms. The Morgan fingerprint density at radius 1 is 0.846 bits per heavy atom. The fourth-order valence-corrected chi connectivity index (χ4v) is 2.89. The molecule has 0 aromatic heterocycles. The van der Waals surface area contributed by atoms with Gasteiger partial charge in [-0.3, -0.25) is 4.79 Å². The van der Waals surface area contributed by atoms with Crippen molar-refractivity contribution in [1.82, 2.24) is 0 Å². The molecule has 0 saturated carbocycles. The van der Waals surface area contributed by atoms with Crippen LogP contribution in [0.15, 0.2) is 54.6 Å². The molecule has 3 aromatic rings. The molecule has 3 rings (SSSR count). The van der Waals surface area contributed by atoms with Crippen LogP contribution < -0.4 is 5.32 Å². The second-order valence-corrected chi connectivity index (χ2v) is 6.19. The van der Waals surface area contributed by atoms with Gasteiger partial charge in [0, 0.05) is 11.6 Å². The maximum Gasteiger partial charge on any atom is 0.257 e. The van der Waals surface area contributed by atoms with Crippen molar-refractivity contribution in [2.45, 2.75) is 0 Å². The van der Waals surface area contributed by atoms with E-state index in [0.717, 1.165) is 18.2 Å². The van der Waals surface area contributed by atoms with Gasteiger partial charge in [-0.25, -0.2) is 13.2 Å². The summed E-state index contributed by atoms with van der Waals surface area (Å²) < 4.78 is 41.7. The van der Waals surface area contributed by atoms with Crippen LogP contribution in [0.25, 0.3) is 11.1 Å². The summed E-state index contributed by atoms with van der Waals surface area (Å²) in [6.07, 6.45) is 0. The van der Waals surface area contributed by atoms with Crippen molar-refractivity contribution in [2.24, 2.45) is 0 Å². The van der Waals surface area contributed by atoms with E-state index in [-0.39, 0.29) is 26.9 Å². The zero-order valence-corrected chi connectivity index (χ0v) is 14.5. The van der Waals surface area contributed by atoms with Gasteiger partial charge in [0.15, 0.2) is 0 Å². The van der Waals surface area contributed by atoms with Gasteiger partial charge in [0.25, 0.3) is 5.91 Å². The first-order valence-corrected chi connectivity index (χ1v) is 8.13. The number of rotatable bonds is 3. The van der Waals surface area contributed by atoms with Crippen LogP contribution in [0.3, 0.4) is 0 Å². The highest BCUT2D eigenvalue weighted by molar-refractivity contribution is 6.37. The number of hydrogen-bond donors (Lipinski definition) is 1. The lowest BCUT2D eigenvalue weighted by atomic mass is 10.0. The zero-order chi connectivity index (χ0) is 18.8. The second kappa shape index (κ2) is 7.40. The van der Waals surface area contributed by atoms with Gasteiger partial charge in [-0.2, -0.15) is 0 Å². The normalized spacial score (nSPS) is 10.7. The predicted molar refractivity (Wildman–Crippen MR) is 96.2 cm³/mol. The standard InChI is InChI=1S/C19H10Cl2F3NO/c20-14-9-15(21)16(23)8-13(14)19(26)25-18-12(6-11(22)7-17(18)24)10-4-2-1-3-5-10/h1-9H,(H,25,26). The largest absolute Gasteiger partial charge is 0.319 e. The van der Waals surface area contributed by atoms with E-state index in [1.165, 1.54) is 0 Å². The number of amides is 1. The number of carbonyl (C=O) groups is 1. The molecule has 0 aliphatic rings. The van der Waals surface area contributed by atoms with Crippen molar-refractivity contribution in [2.75, 3.05) is 5.32 Å². The first-order valence-electron chi connectivity index (χ1n) is 7.37. The van der Waals surface area contributed by atoms with E-state index in [2.05, 4.69) is 5.32 Å². The molecule has 7 heteroatoms. The predicted octanol–water partition coefficient (Wildman–Crippen LogP) is 6.33. The fourth-order valence-electron chi connectivity index (χ4n) is 2.42. The third-order valence-electron chi connectivity index (χ3n) is 3.63. The zero-order valence-electron chi connectivity index (χ0n) is 13.0. The van der Waals surface area contributed by atoms with Crippen LogP contribution in [0.5, 0.6) is 0 Å². The Morgan fingerprint density at radius 3 is 2.23 bits per heavy atom. The van der Waals surface area contributed by atoms with Crippen molar-refractivity contribution >= 4 is 34.8 Å². The van der Waals surface area contributed by atoms with Crippen LogP contribution in [-0.4, -0.2) is 5.91 Å². The number of carbonyl (C=O) groups excluding carboxylic acids is 1. The van der Waals surface area contributed by atoms with Crippen molar-refractivity contribution in [3.63, 3.8) is 0 Å². The summed E-state index contributed by atoms with van der Waals surface area (Å²) in [5, 5.41) is 1.99. The van der Waals surface area contributed by atoms with Crippen LogP contribution in [0, 0.1) is 17.5 Å². The highest BCUT2D eigenvalue weighted by Crippen LogP contribution is 2.33. The van der Waals surface area contributed by atoms with Gasteiger partial charge < -0.3 is 5.32 Å².